The fraction of sp³-hybridized carbons (Fsp3) is 0. The Hall–Kier alpha value is -1.01. The predicted octanol–water partition coefficient (Wildman–Crippen LogP) is 0.310. The van der Waals surface area contributed by atoms with Crippen LogP contribution in [0, 0.1) is 0 Å². The van der Waals surface area contributed by atoms with Gasteiger partial charge in [0.1, 0.15) is 0 Å². The van der Waals surface area contributed by atoms with Gasteiger partial charge in [-0.05, 0) is 29.8 Å². The molecular formula is C5H6N4S2. The van der Waals surface area contributed by atoms with Gasteiger partial charge in [0.2, 0.25) is 0 Å². The fourth-order valence-corrected chi connectivity index (χ4v) is 0.994. The zero-order valence-corrected chi connectivity index (χ0v) is 7.15. The Morgan fingerprint density at radius 3 is 3.27 bits per heavy atom. The van der Waals surface area contributed by atoms with Crippen LogP contribution in [0.25, 0.3) is 0 Å². The zero-order chi connectivity index (χ0) is 8.10. The monoisotopic (exact) mass is 186 g/mol. The van der Waals surface area contributed by atoms with Gasteiger partial charge < -0.3 is 5.73 Å². The third-order valence-corrected chi connectivity index (χ3v) is 1.49. The van der Waals surface area contributed by atoms with Crippen molar-refractivity contribution in [2.45, 2.75) is 0 Å². The van der Waals surface area contributed by atoms with Gasteiger partial charge in [-0.3, -0.25) is 5.43 Å². The van der Waals surface area contributed by atoms with Crippen molar-refractivity contribution in [1.29, 1.82) is 0 Å². The molecule has 0 aliphatic rings. The average molecular weight is 186 g/mol. The first-order valence-corrected chi connectivity index (χ1v) is 4.02. The summed E-state index contributed by atoms with van der Waals surface area (Å²) in [5.74, 6) is 0. The molecule has 0 unspecified atom stereocenters. The summed E-state index contributed by atoms with van der Waals surface area (Å²) >= 11 is 5.89. The van der Waals surface area contributed by atoms with Crippen LogP contribution in [-0.2, 0) is 0 Å². The van der Waals surface area contributed by atoms with Crippen molar-refractivity contribution in [3.8, 4) is 0 Å². The molecule has 3 N–H and O–H groups in total. The van der Waals surface area contributed by atoms with Crippen LogP contribution in [0.5, 0.6) is 0 Å². The summed E-state index contributed by atoms with van der Waals surface area (Å²) in [5.41, 5.74) is 8.34. The van der Waals surface area contributed by atoms with E-state index in [4.69, 9.17) is 5.73 Å². The molecule has 11 heavy (non-hydrogen) atoms. The van der Waals surface area contributed by atoms with Crippen molar-refractivity contribution in [2.24, 2.45) is 10.8 Å². The topological polar surface area (TPSA) is 63.3 Å². The summed E-state index contributed by atoms with van der Waals surface area (Å²) in [6.45, 7) is 0. The molecule has 4 nitrogen and oxygen atoms in total. The fourth-order valence-electron chi connectivity index (χ4n) is 0.450. The molecule has 1 aromatic heterocycles. The second-order valence-electron chi connectivity index (χ2n) is 1.66. The Kier molecular flexibility index (Phi) is 2.94. The maximum Gasteiger partial charge on any atom is 0.184 e. The van der Waals surface area contributed by atoms with E-state index in [9.17, 15) is 0 Å². The molecule has 0 saturated carbocycles. The van der Waals surface area contributed by atoms with Crippen molar-refractivity contribution in [1.82, 2.24) is 9.80 Å². The summed E-state index contributed by atoms with van der Waals surface area (Å²) in [7, 11) is 0. The number of nitrogens with one attached hydrogen (secondary N) is 1. The zero-order valence-electron chi connectivity index (χ0n) is 5.52. The lowest BCUT2D eigenvalue weighted by Gasteiger charge is -1.90. The van der Waals surface area contributed by atoms with Crippen LogP contribution in [-0.4, -0.2) is 15.7 Å². The normalized spacial score (nSPS) is 10.2. The predicted molar refractivity (Wildman–Crippen MR) is 49.6 cm³/mol. The van der Waals surface area contributed by atoms with Crippen LogP contribution in [0.15, 0.2) is 16.5 Å². The van der Waals surface area contributed by atoms with E-state index in [0.717, 1.165) is 5.69 Å². The van der Waals surface area contributed by atoms with Gasteiger partial charge in [0.15, 0.2) is 5.11 Å². The number of rotatable bonds is 2. The Balaban J connectivity index is 2.43. The van der Waals surface area contributed by atoms with E-state index in [1.54, 1.807) is 6.21 Å². The summed E-state index contributed by atoms with van der Waals surface area (Å²) in [6, 6.07) is 1.84. The molecule has 58 valence electrons. The van der Waals surface area contributed by atoms with Gasteiger partial charge in [-0.15, -0.1) is 0 Å². The minimum atomic E-state index is 0.150. The SMILES string of the molecule is NC(=S)N/N=C/c1ccsn1. The maximum absolute atomic E-state index is 5.12. The molecule has 0 radical (unpaired) electrons. The number of aromatic nitrogens is 1. The highest BCUT2D eigenvalue weighted by atomic mass is 32.1. The lowest BCUT2D eigenvalue weighted by molar-refractivity contribution is 1.04. The highest BCUT2D eigenvalue weighted by Gasteiger charge is 1.86. The molecule has 0 saturated heterocycles. The third-order valence-electron chi connectivity index (χ3n) is 0.829. The number of hydrogen-bond donors (Lipinski definition) is 2. The van der Waals surface area contributed by atoms with Gasteiger partial charge in [0, 0.05) is 5.38 Å². The van der Waals surface area contributed by atoms with Crippen molar-refractivity contribution >= 4 is 35.1 Å². The molecule has 0 aromatic carbocycles. The Labute approximate surface area is 73.3 Å². The molecule has 0 spiro atoms. The van der Waals surface area contributed by atoms with Crippen molar-refractivity contribution in [2.75, 3.05) is 0 Å². The molecular weight excluding hydrogens is 180 g/mol. The number of nitrogens with zero attached hydrogens (tertiary/aromatic N) is 2. The number of hydrogen-bond acceptors (Lipinski definition) is 4. The Morgan fingerprint density at radius 2 is 2.73 bits per heavy atom. The van der Waals surface area contributed by atoms with Crippen LogP contribution in [0.2, 0.25) is 0 Å². The number of thiocarbonyl (C=S) groups is 1. The smallest absolute Gasteiger partial charge is 0.184 e. The van der Waals surface area contributed by atoms with E-state index < -0.39 is 0 Å². The van der Waals surface area contributed by atoms with Gasteiger partial charge in [0.05, 0.1) is 11.9 Å². The first-order valence-electron chi connectivity index (χ1n) is 2.78. The first-order chi connectivity index (χ1) is 5.29. The number of nitrogens with two attached hydrogens (primary N) is 1. The Morgan fingerprint density at radius 1 is 1.91 bits per heavy atom. The summed E-state index contributed by atoms with van der Waals surface area (Å²) in [4.78, 5) is 0. The van der Waals surface area contributed by atoms with Gasteiger partial charge >= 0.3 is 0 Å². The number of hydrazone groups is 1. The van der Waals surface area contributed by atoms with E-state index in [1.165, 1.54) is 11.5 Å². The molecule has 1 aromatic rings. The van der Waals surface area contributed by atoms with Gasteiger partial charge in [-0.25, -0.2) is 0 Å². The van der Waals surface area contributed by atoms with E-state index in [-0.39, 0.29) is 5.11 Å². The van der Waals surface area contributed by atoms with E-state index in [1.807, 2.05) is 11.4 Å². The highest BCUT2D eigenvalue weighted by Crippen LogP contribution is 1.94. The van der Waals surface area contributed by atoms with Gasteiger partial charge in [-0.1, -0.05) is 0 Å². The van der Waals surface area contributed by atoms with Crippen LogP contribution in [0.4, 0.5) is 0 Å². The lowest BCUT2D eigenvalue weighted by Crippen LogP contribution is -2.23. The molecule has 0 bridgehead atoms. The van der Waals surface area contributed by atoms with E-state index in [2.05, 4.69) is 27.1 Å². The molecule has 0 aliphatic heterocycles. The third kappa shape index (κ3) is 3.06. The molecule has 0 aliphatic carbocycles. The van der Waals surface area contributed by atoms with Gasteiger partial charge in [0.25, 0.3) is 0 Å². The minimum absolute atomic E-state index is 0.150. The minimum Gasteiger partial charge on any atom is -0.375 e. The van der Waals surface area contributed by atoms with E-state index >= 15 is 0 Å². The largest absolute Gasteiger partial charge is 0.375 e. The van der Waals surface area contributed by atoms with Crippen molar-refractivity contribution in [3.63, 3.8) is 0 Å². The molecule has 0 atom stereocenters. The maximum atomic E-state index is 5.12. The lowest BCUT2D eigenvalue weighted by atomic mass is 10.5. The first kappa shape index (κ1) is 8.09. The molecule has 6 heteroatoms. The van der Waals surface area contributed by atoms with Crippen molar-refractivity contribution < 1.29 is 0 Å². The van der Waals surface area contributed by atoms with Crippen LogP contribution >= 0.6 is 23.8 Å². The second-order valence-corrected chi connectivity index (χ2v) is 2.76. The second kappa shape index (κ2) is 3.99. The Bertz CT molecular complexity index is 253. The van der Waals surface area contributed by atoms with Crippen LogP contribution in [0.1, 0.15) is 5.69 Å². The van der Waals surface area contributed by atoms with Crippen LogP contribution < -0.4 is 11.2 Å². The molecule has 1 heterocycles. The van der Waals surface area contributed by atoms with E-state index in [0.29, 0.717) is 0 Å². The average Bonchev–Trinajstić information content (AvgIpc) is 2.39. The highest BCUT2D eigenvalue weighted by molar-refractivity contribution is 7.80. The molecule has 0 amide bonds. The summed E-state index contributed by atoms with van der Waals surface area (Å²) < 4.78 is 3.98. The molecule has 1 rings (SSSR count). The standard InChI is InChI=1S/C5H6N4S2/c6-5(10)8-7-3-4-1-2-11-9-4/h1-3H,(H3,6,8,10)/b7-3+. The summed E-state index contributed by atoms with van der Waals surface area (Å²) in [6.07, 6.45) is 1.55. The molecule has 0 fully saturated rings. The van der Waals surface area contributed by atoms with Gasteiger partial charge in [-0.2, -0.15) is 9.47 Å². The quantitative estimate of drug-likeness (QED) is 0.396. The van der Waals surface area contributed by atoms with Crippen LogP contribution in [0.3, 0.4) is 0 Å². The summed E-state index contributed by atoms with van der Waals surface area (Å²) in [5, 5.41) is 5.73. The van der Waals surface area contributed by atoms with Crippen molar-refractivity contribution in [3.05, 3.63) is 17.1 Å².